The molecule has 1 aliphatic heterocycles. The van der Waals surface area contributed by atoms with Crippen molar-refractivity contribution < 1.29 is 0 Å². The summed E-state index contributed by atoms with van der Waals surface area (Å²) >= 11 is 0. The fraction of sp³-hybridized carbons (Fsp3) is 0.368. The first-order valence-corrected chi connectivity index (χ1v) is 8.01. The first kappa shape index (κ1) is 12.9. The summed E-state index contributed by atoms with van der Waals surface area (Å²) < 4.78 is 2.45. The van der Waals surface area contributed by atoms with E-state index in [0.717, 1.165) is 6.54 Å². The second-order valence-corrected chi connectivity index (χ2v) is 6.41. The van der Waals surface area contributed by atoms with Gasteiger partial charge in [-0.15, -0.1) is 0 Å². The fourth-order valence-corrected chi connectivity index (χ4v) is 3.76. The minimum Gasteiger partial charge on any atom is -0.338 e. The lowest BCUT2D eigenvalue weighted by Gasteiger charge is -2.13. The van der Waals surface area contributed by atoms with E-state index in [9.17, 15) is 0 Å². The van der Waals surface area contributed by atoms with Gasteiger partial charge in [-0.2, -0.15) is 0 Å². The zero-order valence-corrected chi connectivity index (χ0v) is 12.8. The van der Waals surface area contributed by atoms with Crippen LogP contribution in [0.3, 0.4) is 0 Å². The van der Waals surface area contributed by atoms with Crippen molar-refractivity contribution in [3.05, 3.63) is 48.0 Å². The molecule has 0 bridgehead atoms. The Hall–Kier alpha value is -1.80. The molecule has 1 aliphatic rings. The van der Waals surface area contributed by atoms with Gasteiger partial charge in [-0.3, -0.25) is 0 Å². The van der Waals surface area contributed by atoms with Crippen molar-refractivity contribution in [3.63, 3.8) is 0 Å². The Labute approximate surface area is 125 Å². The number of hydrogen-bond acceptors (Lipinski definition) is 1. The highest BCUT2D eigenvalue weighted by Crippen LogP contribution is 2.34. The van der Waals surface area contributed by atoms with E-state index in [1.165, 1.54) is 40.2 Å². The summed E-state index contributed by atoms with van der Waals surface area (Å²) in [6, 6.07) is 16.8. The Bertz CT molecular complexity index is 792. The summed E-state index contributed by atoms with van der Waals surface area (Å²) in [5.41, 5.74) is 4.14. The molecule has 1 N–H and O–H groups in total. The SMILES string of the molecule is CC(C)n1c2ccccc2c2cc(C3CCCN3)ccc21. The average Bonchev–Trinajstić information content (AvgIpc) is 3.12. The normalized spacial score (nSPS) is 19.1. The van der Waals surface area contributed by atoms with Crippen LogP contribution < -0.4 is 5.32 Å². The van der Waals surface area contributed by atoms with Crippen LogP contribution in [0, 0.1) is 0 Å². The van der Waals surface area contributed by atoms with Gasteiger partial charge in [0, 0.05) is 33.9 Å². The molecular weight excluding hydrogens is 256 g/mol. The number of fused-ring (bicyclic) bond motifs is 3. The fourth-order valence-electron chi connectivity index (χ4n) is 3.76. The maximum absolute atomic E-state index is 3.61. The van der Waals surface area contributed by atoms with Crippen LogP contribution in [0.15, 0.2) is 42.5 Å². The zero-order valence-electron chi connectivity index (χ0n) is 12.8. The quantitative estimate of drug-likeness (QED) is 0.712. The van der Waals surface area contributed by atoms with Crippen LogP contribution in [0.4, 0.5) is 0 Å². The van der Waals surface area contributed by atoms with Gasteiger partial charge >= 0.3 is 0 Å². The summed E-state index contributed by atoms with van der Waals surface area (Å²) in [5, 5.41) is 6.38. The molecule has 0 aliphatic carbocycles. The molecule has 2 aromatic carbocycles. The Morgan fingerprint density at radius 1 is 1.05 bits per heavy atom. The Balaban J connectivity index is 2.00. The number of rotatable bonds is 2. The molecule has 0 radical (unpaired) electrons. The van der Waals surface area contributed by atoms with E-state index in [-0.39, 0.29) is 0 Å². The molecule has 2 nitrogen and oxygen atoms in total. The molecule has 108 valence electrons. The van der Waals surface area contributed by atoms with Gasteiger partial charge in [0.05, 0.1) is 0 Å². The van der Waals surface area contributed by atoms with Crippen molar-refractivity contribution in [3.8, 4) is 0 Å². The molecule has 2 heterocycles. The van der Waals surface area contributed by atoms with Gasteiger partial charge in [-0.05, 0) is 57.0 Å². The topological polar surface area (TPSA) is 17.0 Å². The smallest absolute Gasteiger partial charge is 0.0494 e. The molecule has 21 heavy (non-hydrogen) atoms. The molecule has 0 amide bonds. The van der Waals surface area contributed by atoms with Gasteiger partial charge in [0.25, 0.3) is 0 Å². The third-order valence-electron chi connectivity index (χ3n) is 4.71. The highest BCUT2D eigenvalue weighted by atomic mass is 15.0. The van der Waals surface area contributed by atoms with E-state index in [1.807, 2.05) is 0 Å². The van der Waals surface area contributed by atoms with Crippen molar-refractivity contribution in [1.29, 1.82) is 0 Å². The van der Waals surface area contributed by atoms with Gasteiger partial charge in [0.15, 0.2) is 0 Å². The number of para-hydroxylation sites is 1. The summed E-state index contributed by atoms with van der Waals surface area (Å²) in [5.74, 6) is 0. The molecule has 0 spiro atoms. The van der Waals surface area contributed by atoms with E-state index in [0.29, 0.717) is 12.1 Å². The van der Waals surface area contributed by atoms with Crippen LogP contribution >= 0.6 is 0 Å². The molecule has 4 rings (SSSR count). The van der Waals surface area contributed by atoms with Crippen molar-refractivity contribution in [1.82, 2.24) is 9.88 Å². The monoisotopic (exact) mass is 278 g/mol. The number of aromatic nitrogens is 1. The van der Waals surface area contributed by atoms with Gasteiger partial charge in [-0.25, -0.2) is 0 Å². The lowest BCUT2D eigenvalue weighted by molar-refractivity contribution is 0.640. The highest BCUT2D eigenvalue weighted by Gasteiger charge is 2.18. The second kappa shape index (κ2) is 4.88. The van der Waals surface area contributed by atoms with Crippen molar-refractivity contribution in [2.75, 3.05) is 6.54 Å². The molecule has 1 atom stereocenters. The lowest BCUT2D eigenvalue weighted by Crippen LogP contribution is -2.12. The average molecular weight is 278 g/mol. The molecule has 2 heteroatoms. The number of benzene rings is 2. The lowest BCUT2D eigenvalue weighted by atomic mass is 10.0. The molecule has 1 fully saturated rings. The van der Waals surface area contributed by atoms with Crippen LogP contribution in [-0.2, 0) is 0 Å². The van der Waals surface area contributed by atoms with Gasteiger partial charge in [0.2, 0.25) is 0 Å². The van der Waals surface area contributed by atoms with Crippen LogP contribution in [0.2, 0.25) is 0 Å². The van der Waals surface area contributed by atoms with Gasteiger partial charge in [0.1, 0.15) is 0 Å². The van der Waals surface area contributed by atoms with Crippen LogP contribution in [0.25, 0.3) is 21.8 Å². The Kier molecular flexibility index (Phi) is 3.00. The van der Waals surface area contributed by atoms with E-state index >= 15 is 0 Å². The zero-order chi connectivity index (χ0) is 14.4. The Morgan fingerprint density at radius 2 is 1.86 bits per heavy atom. The number of nitrogens with zero attached hydrogens (tertiary/aromatic N) is 1. The van der Waals surface area contributed by atoms with E-state index in [4.69, 9.17) is 0 Å². The second-order valence-electron chi connectivity index (χ2n) is 6.41. The van der Waals surface area contributed by atoms with Crippen molar-refractivity contribution in [2.45, 2.75) is 38.8 Å². The number of hydrogen-bond donors (Lipinski definition) is 1. The molecular formula is C19H22N2. The predicted octanol–water partition coefficient (Wildman–Crippen LogP) is 4.80. The Morgan fingerprint density at radius 3 is 2.62 bits per heavy atom. The van der Waals surface area contributed by atoms with Crippen LogP contribution in [0.1, 0.15) is 44.3 Å². The highest BCUT2D eigenvalue weighted by molar-refractivity contribution is 6.08. The van der Waals surface area contributed by atoms with Crippen LogP contribution in [-0.4, -0.2) is 11.1 Å². The van der Waals surface area contributed by atoms with E-state index < -0.39 is 0 Å². The van der Waals surface area contributed by atoms with E-state index in [1.54, 1.807) is 0 Å². The van der Waals surface area contributed by atoms with Gasteiger partial charge < -0.3 is 9.88 Å². The maximum Gasteiger partial charge on any atom is 0.0494 e. The molecule has 1 aromatic heterocycles. The minimum atomic E-state index is 0.475. The largest absolute Gasteiger partial charge is 0.338 e. The molecule has 0 saturated carbocycles. The predicted molar refractivity (Wildman–Crippen MR) is 89.8 cm³/mol. The molecule has 1 saturated heterocycles. The van der Waals surface area contributed by atoms with Crippen molar-refractivity contribution in [2.24, 2.45) is 0 Å². The standard InChI is InChI=1S/C19H22N2/c1-13(2)21-18-8-4-3-6-15(18)16-12-14(9-10-19(16)21)17-7-5-11-20-17/h3-4,6,8-10,12-13,17,20H,5,7,11H2,1-2H3. The van der Waals surface area contributed by atoms with Crippen molar-refractivity contribution >= 4 is 21.8 Å². The third kappa shape index (κ3) is 1.97. The maximum atomic E-state index is 3.61. The summed E-state index contributed by atoms with van der Waals surface area (Å²) in [7, 11) is 0. The third-order valence-corrected chi connectivity index (χ3v) is 4.71. The summed E-state index contributed by atoms with van der Waals surface area (Å²) in [4.78, 5) is 0. The van der Waals surface area contributed by atoms with E-state index in [2.05, 4.69) is 66.2 Å². The summed E-state index contributed by atoms with van der Waals surface area (Å²) in [6.45, 7) is 5.67. The first-order valence-electron chi connectivity index (χ1n) is 8.01. The van der Waals surface area contributed by atoms with Crippen LogP contribution in [0.5, 0.6) is 0 Å². The first-order chi connectivity index (χ1) is 10.3. The number of nitrogens with one attached hydrogen (secondary N) is 1. The molecule has 3 aromatic rings. The van der Waals surface area contributed by atoms with Gasteiger partial charge in [-0.1, -0.05) is 24.3 Å². The summed E-state index contributed by atoms with van der Waals surface area (Å²) in [6.07, 6.45) is 2.55. The molecule has 1 unspecified atom stereocenters. The minimum absolute atomic E-state index is 0.475.